The van der Waals surface area contributed by atoms with E-state index in [4.69, 9.17) is 10.8 Å². The summed E-state index contributed by atoms with van der Waals surface area (Å²) < 4.78 is 1.63. The van der Waals surface area contributed by atoms with E-state index >= 15 is 0 Å². The summed E-state index contributed by atoms with van der Waals surface area (Å²) in [5.41, 5.74) is 11.1. The molecule has 0 radical (unpaired) electrons. The second-order valence-electron chi connectivity index (χ2n) is 8.32. The van der Waals surface area contributed by atoms with Gasteiger partial charge in [-0.2, -0.15) is 5.10 Å². The molecule has 0 saturated heterocycles. The molecular weight excluding hydrogens is 454 g/mol. The first kappa shape index (κ1) is 22.9. The van der Waals surface area contributed by atoms with E-state index in [0.717, 1.165) is 27.7 Å². The number of para-hydroxylation sites is 1. The smallest absolute Gasteiger partial charge is 0.323 e. The molecule has 1 unspecified atom stereocenters. The van der Waals surface area contributed by atoms with Gasteiger partial charge in [-0.1, -0.05) is 37.3 Å². The summed E-state index contributed by atoms with van der Waals surface area (Å²) in [5, 5.41) is 11.3. The number of aromatic amines is 1. The molecule has 36 heavy (non-hydrogen) atoms. The van der Waals surface area contributed by atoms with Gasteiger partial charge in [0.25, 0.3) is 0 Å². The Labute approximate surface area is 207 Å². The highest BCUT2D eigenvalue weighted by atomic mass is 16.2. The van der Waals surface area contributed by atoms with Crippen LogP contribution >= 0.6 is 0 Å². The second kappa shape index (κ2) is 9.75. The molecule has 3 aromatic heterocycles. The van der Waals surface area contributed by atoms with Crippen molar-refractivity contribution in [3.63, 3.8) is 0 Å². The molecule has 9 heteroatoms. The van der Waals surface area contributed by atoms with Crippen molar-refractivity contribution in [3.8, 4) is 22.4 Å². The Morgan fingerprint density at radius 1 is 0.972 bits per heavy atom. The van der Waals surface area contributed by atoms with Crippen molar-refractivity contribution < 1.29 is 9.59 Å². The number of primary amides is 1. The van der Waals surface area contributed by atoms with Crippen molar-refractivity contribution in [2.75, 3.05) is 10.6 Å². The molecule has 5 N–H and O–H groups in total. The summed E-state index contributed by atoms with van der Waals surface area (Å²) in [4.78, 5) is 31.9. The van der Waals surface area contributed by atoms with Crippen molar-refractivity contribution in [2.24, 2.45) is 5.73 Å². The number of benzene rings is 2. The normalized spacial score (nSPS) is 11.8. The molecular formula is C27H25N7O2. The number of pyridine rings is 1. The first-order valence-corrected chi connectivity index (χ1v) is 11.6. The van der Waals surface area contributed by atoms with Crippen molar-refractivity contribution in [1.82, 2.24) is 19.7 Å². The molecule has 0 fully saturated rings. The number of nitrogens with one attached hydrogen (secondary N) is 3. The van der Waals surface area contributed by atoms with Crippen LogP contribution in [0.15, 0.2) is 85.3 Å². The van der Waals surface area contributed by atoms with E-state index < -0.39 is 11.9 Å². The fourth-order valence-corrected chi connectivity index (χ4v) is 4.20. The van der Waals surface area contributed by atoms with Crippen LogP contribution in [0.3, 0.4) is 0 Å². The molecule has 0 saturated carbocycles. The fraction of sp³-hybridized carbons (Fsp3) is 0.111. The lowest BCUT2D eigenvalue weighted by atomic mass is 10.0. The Hall–Kier alpha value is -4.92. The zero-order valence-corrected chi connectivity index (χ0v) is 19.6. The Kier molecular flexibility index (Phi) is 6.19. The number of hydrogen-bond acceptors (Lipinski definition) is 4. The minimum Gasteiger partial charge on any atom is -0.368 e. The number of aromatic nitrogens is 4. The summed E-state index contributed by atoms with van der Waals surface area (Å²) in [5.74, 6) is -0.441. The first-order valence-electron chi connectivity index (χ1n) is 11.6. The summed E-state index contributed by atoms with van der Waals surface area (Å²) >= 11 is 0. The Balaban J connectivity index is 1.49. The maximum Gasteiger partial charge on any atom is 0.323 e. The van der Waals surface area contributed by atoms with Crippen LogP contribution in [0.1, 0.15) is 19.4 Å². The van der Waals surface area contributed by atoms with Crippen LogP contribution in [0.2, 0.25) is 0 Å². The van der Waals surface area contributed by atoms with Crippen LogP contribution in [0.4, 0.5) is 16.2 Å². The van der Waals surface area contributed by atoms with Crippen molar-refractivity contribution >= 4 is 34.3 Å². The Bertz CT molecular complexity index is 1520. The number of amides is 3. The average Bonchev–Trinajstić information content (AvgIpc) is 3.53. The van der Waals surface area contributed by atoms with Gasteiger partial charge in [-0.3, -0.25) is 9.48 Å². The lowest BCUT2D eigenvalue weighted by Gasteiger charge is -2.10. The number of hydrogen-bond donors (Lipinski definition) is 4. The number of nitrogens with two attached hydrogens (primary N) is 1. The zero-order valence-electron chi connectivity index (χ0n) is 19.6. The van der Waals surface area contributed by atoms with E-state index in [1.807, 2.05) is 86.0 Å². The third-order valence-corrected chi connectivity index (χ3v) is 5.96. The second-order valence-corrected chi connectivity index (χ2v) is 8.32. The quantitative estimate of drug-likeness (QED) is 0.256. The van der Waals surface area contributed by atoms with E-state index in [0.29, 0.717) is 23.5 Å². The number of carbonyl (C=O) groups is 2. The molecule has 0 aliphatic heterocycles. The highest BCUT2D eigenvalue weighted by Gasteiger charge is 2.22. The molecule has 0 spiro atoms. The SMILES string of the molecule is CCC(C(N)=O)n1cc(-c2ccnc3[nH]ccc23)c(-c2ccc(NC(=O)Nc3ccccc3)cc2)n1. The van der Waals surface area contributed by atoms with Crippen molar-refractivity contribution in [1.29, 1.82) is 0 Å². The number of carbonyl (C=O) groups excluding carboxylic acids is 2. The molecule has 0 aliphatic rings. The predicted molar refractivity (Wildman–Crippen MR) is 140 cm³/mol. The largest absolute Gasteiger partial charge is 0.368 e. The van der Waals surface area contributed by atoms with Gasteiger partial charge in [-0.15, -0.1) is 0 Å². The molecule has 1 atom stereocenters. The van der Waals surface area contributed by atoms with Gasteiger partial charge < -0.3 is 21.4 Å². The highest BCUT2D eigenvalue weighted by Crippen LogP contribution is 2.36. The molecule has 0 bridgehead atoms. The van der Waals surface area contributed by atoms with Crippen LogP contribution in [0, 0.1) is 0 Å². The molecule has 2 aromatic carbocycles. The summed E-state index contributed by atoms with van der Waals surface area (Å²) in [7, 11) is 0. The van der Waals surface area contributed by atoms with E-state index in [-0.39, 0.29) is 6.03 Å². The maximum absolute atomic E-state index is 12.4. The number of rotatable bonds is 7. The summed E-state index contributed by atoms with van der Waals surface area (Å²) in [6.07, 6.45) is 5.95. The van der Waals surface area contributed by atoms with Gasteiger partial charge in [-0.25, -0.2) is 9.78 Å². The van der Waals surface area contributed by atoms with E-state index in [1.165, 1.54) is 0 Å². The molecule has 5 rings (SSSR count). The van der Waals surface area contributed by atoms with Crippen LogP contribution in [-0.2, 0) is 4.79 Å². The number of nitrogens with zero attached hydrogens (tertiary/aromatic N) is 3. The molecule has 9 nitrogen and oxygen atoms in total. The number of fused-ring (bicyclic) bond motifs is 1. The molecule has 0 aliphatic carbocycles. The van der Waals surface area contributed by atoms with E-state index in [2.05, 4.69) is 20.6 Å². The Morgan fingerprint density at radius 2 is 1.69 bits per heavy atom. The number of urea groups is 1. The minimum absolute atomic E-state index is 0.335. The van der Waals surface area contributed by atoms with Crippen molar-refractivity contribution in [2.45, 2.75) is 19.4 Å². The van der Waals surface area contributed by atoms with Crippen LogP contribution < -0.4 is 16.4 Å². The first-order chi connectivity index (χ1) is 17.5. The summed E-state index contributed by atoms with van der Waals surface area (Å²) in [6.45, 7) is 1.90. The van der Waals surface area contributed by atoms with Crippen molar-refractivity contribution in [3.05, 3.63) is 85.3 Å². The lowest BCUT2D eigenvalue weighted by molar-refractivity contribution is -0.121. The number of anilines is 2. The average molecular weight is 480 g/mol. The Morgan fingerprint density at radius 3 is 2.39 bits per heavy atom. The summed E-state index contributed by atoms with van der Waals surface area (Å²) in [6, 6.07) is 19.6. The van der Waals surface area contributed by atoms with Gasteiger partial charge in [0.15, 0.2) is 0 Å². The molecule has 3 amide bonds. The van der Waals surface area contributed by atoms with Crippen LogP contribution in [0.25, 0.3) is 33.4 Å². The molecule has 5 aromatic rings. The van der Waals surface area contributed by atoms with Gasteiger partial charge >= 0.3 is 6.03 Å². The van der Waals surface area contributed by atoms with E-state index in [9.17, 15) is 9.59 Å². The predicted octanol–water partition coefficient (Wildman–Crippen LogP) is 5.17. The minimum atomic E-state index is -0.566. The number of H-pyrrole nitrogens is 1. The van der Waals surface area contributed by atoms with E-state index in [1.54, 1.807) is 10.9 Å². The van der Waals surface area contributed by atoms with Gasteiger partial charge in [0.2, 0.25) is 5.91 Å². The molecule has 3 heterocycles. The van der Waals surface area contributed by atoms with Crippen LogP contribution in [-0.4, -0.2) is 31.7 Å². The van der Waals surface area contributed by atoms with Gasteiger partial charge in [-0.05, 0) is 48.4 Å². The van der Waals surface area contributed by atoms with Gasteiger partial charge in [0.1, 0.15) is 17.4 Å². The third kappa shape index (κ3) is 4.54. The lowest BCUT2D eigenvalue weighted by Crippen LogP contribution is -2.26. The standard InChI is InChI=1S/C27H25N7O2/c1-2-23(25(28)35)34-16-22(20-12-14-29-26-21(20)13-15-30-26)24(33-34)17-8-10-19(11-9-17)32-27(36)31-18-6-4-3-5-7-18/h3-16,23H,2H2,1H3,(H2,28,35)(H,29,30)(H2,31,32,36). The molecule has 180 valence electrons. The monoisotopic (exact) mass is 479 g/mol. The topological polar surface area (TPSA) is 131 Å². The van der Waals surface area contributed by atoms with Gasteiger partial charge in [0.05, 0.1) is 0 Å². The fourth-order valence-electron chi connectivity index (χ4n) is 4.20. The maximum atomic E-state index is 12.4. The highest BCUT2D eigenvalue weighted by molar-refractivity contribution is 6.00. The van der Waals surface area contributed by atoms with Gasteiger partial charge in [0, 0.05) is 46.5 Å². The zero-order chi connectivity index (χ0) is 25.1. The third-order valence-electron chi connectivity index (χ3n) is 5.96. The van der Waals surface area contributed by atoms with Crippen LogP contribution in [0.5, 0.6) is 0 Å².